The third-order valence-electron chi connectivity index (χ3n) is 4.85. The molecule has 1 atom stereocenters. The summed E-state index contributed by atoms with van der Waals surface area (Å²) in [6.45, 7) is 0.466. The Morgan fingerprint density at radius 3 is 2.59 bits per heavy atom. The standard InChI is InChI=1S/C21H21F3N2O3/c1-29-18-7-5-14(6-8-18)9-10-25-20(28)15-11-19(27)26(13-15)17-4-2-3-16(12-17)21(22,23)24/h2-8,12,15H,9-11,13H2,1H3,(H,25,28). The summed E-state index contributed by atoms with van der Waals surface area (Å²) in [5, 5.41) is 2.80. The number of nitrogens with zero attached hydrogens (tertiary/aromatic N) is 1. The summed E-state index contributed by atoms with van der Waals surface area (Å²) in [7, 11) is 1.58. The van der Waals surface area contributed by atoms with E-state index in [1.165, 1.54) is 17.0 Å². The van der Waals surface area contributed by atoms with Crippen LogP contribution in [0, 0.1) is 5.92 Å². The van der Waals surface area contributed by atoms with E-state index in [1.54, 1.807) is 7.11 Å². The molecular weight excluding hydrogens is 385 g/mol. The molecule has 5 nitrogen and oxygen atoms in total. The average molecular weight is 406 g/mol. The Balaban J connectivity index is 1.56. The van der Waals surface area contributed by atoms with Crippen molar-refractivity contribution in [1.29, 1.82) is 0 Å². The number of halogens is 3. The molecule has 3 rings (SSSR count). The van der Waals surface area contributed by atoms with Crippen LogP contribution in [-0.4, -0.2) is 32.0 Å². The number of hydrogen-bond acceptors (Lipinski definition) is 3. The number of carbonyl (C=O) groups is 2. The normalized spacial score (nSPS) is 16.8. The van der Waals surface area contributed by atoms with E-state index in [-0.39, 0.29) is 30.5 Å². The molecule has 1 aliphatic rings. The molecule has 1 aliphatic heterocycles. The van der Waals surface area contributed by atoms with Crippen molar-refractivity contribution < 1.29 is 27.5 Å². The van der Waals surface area contributed by atoms with E-state index in [9.17, 15) is 22.8 Å². The van der Waals surface area contributed by atoms with Crippen molar-refractivity contribution in [2.45, 2.75) is 19.0 Å². The summed E-state index contributed by atoms with van der Waals surface area (Å²) >= 11 is 0. The highest BCUT2D eigenvalue weighted by molar-refractivity contribution is 6.00. The molecule has 1 saturated heterocycles. The Morgan fingerprint density at radius 2 is 1.93 bits per heavy atom. The highest BCUT2D eigenvalue weighted by Crippen LogP contribution is 2.33. The molecule has 2 aromatic rings. The zero-order valence-corrected chi connectivity index (χ0v) is 15.8. The van der Waals surface area contributed by atoms with Gasteiger partial charge in [-0.15, -0.1) is 0 Å². The van der Waals surface area contributed by atoms with Crippen molar-refractivity contribution in [3.05, 3.63) is 59.7 Å². The van der Waals surface area contributed by atoms with Crippen LogP contribution in [0.2, 0.25) is 0 Å². The topological polar surface area (TPSA) is 58.6 Å². The van der Waals surface area contributed by atoms with Crippen LogP contribution >= 0.6 is 0 Å². The maximum atomic E-state index is 12.9. The number of rotatable bonds is 6. The average Bonchev–Trinajstić information content (AvgIpc) is 3.10. The molecular formula is C21H21F3N2O3. The lowest BCUT2D eigenvalue weighted by atomic mass is 10.1. The van der Waals surface area contributed by atoms with E-state index in [0.717, 1.165) is 23.4 Å². The summed E-state index contributed by atoms with van der Waals surface area (Å²) in [5.41, 5.74) is 0.354. The Kier molecular flexibility index (Phi) is 6.10. The first-order chi connectivity index (χ1) is 13.8. The van der Waals surface area contributed by atoms with Gasteiger partial charge in [-0.3, -0.25) is 9.59 Å². The van der Waals surface area contributed by atoms with E-state index in [2.05, 4.69) is 5.32 Å². The van der Waals surface area contributed by atoms with Crippen LogP contribution < -0.4 is 15.0 Å². The molecule has 1 fully saturated rings. The molecule has 2 aromatic carbocycles. The minimum atomic E-state index is -4.49. The minimum absolute atomic E-state index is 0.0232. The molecule has 1 heterocycles. The minimum Gasteiger partial charge on any atom is -0.497 e. The van der Waals surface area contributed by atoms with E-state index in [0.29, 0.717) is 13.0 Å². The summed E-state index contributed by atoms with van der Waals surface area (Å²) in [6.07, 6.45) is -3.89. The fourth-order valence-electron chi connectivity index (χ4n) is 3.25. The van der Waals surface area contributed by atoms with Crippen LogP contribution in [0.25, 0.3) is 0 Å². The Bertz CT molecular complexity index is 881. The third kappa shape index (κ3) is 5.07. The SMILES string of the molecule is COc1ccc(CCNC(=O)C2CC(=O)N(c3cccc(C(F)(F)F)c3)C2)cc1. The van der Waals surface area contributed by atoms with Gasteiger partial charge in [0.2, 0.25) is 11.8 Å². The van der Waals surface area contributed by atoms with Gasteiger partial charge in [0.05, 0.1) is 18.6 Å². The van der Waals surface area contributed by atoms with Crippen molar-refractivity contribution in [2.75, 3.05) is 25.1 Å². The fraction of sp³-hybridized carbons (Fsp3) is 0.333. The molecule has 0 spiro atoms. The highest BCUT2D eigenvalue weighted by Gasteiger charge is 2.36. The second kappa shape index (κ2) is 8.55. The fourth-order valence-corrected chi connectivity index (χ4v) is 3.25. The van der Waals surface area contributed by atoms with Gasteiger partial charge in [0, 0.05) is 25.2 Å². The lowest BCUT2D eigenvalue weighted by Crippen LogP contribution is -2.34. The van der Waals surface area contributed by atoms with Gasteiger partial charge < -0.3 is 15.0 Å². The van der Waals surface area contributed by atoms with E-state index < -0.39 is 17.7 Å². The lowest BCUT2D eigenvalue weighted by molar-refractivity contribution is -0.137. The summed E-state index contributed by atoms with van der Waals surface area (Å²) in [4.78, 5) is 25.9. The molecule has 0 bridgehead atoms. The summed E-state index contributed by atoms with van der Waals surface area (Å²) in [5.74, 6) is -0.481. The summed E-state index contributed by atoms with van der Waals surface area (Å²) < 4.78 is 43.8. The van der Waals surface area contributed by atoms with Crippen molar-refractivity contribution in [3.63, 3.8) is 0 Å². The first-order valence-electron chi connectivity index (χ1n) is 9.16. The second-order valence-corrected chi connectivity index (χ2v) is 6.84. The molecule has 0 radical (unpaired) electrons. The van der Waals surface area contributed by atoms with Crippen LogP contribution in [-0.2, 0) is 22.2 Å². The van der Waals surface area contributed by atoms with Crippen LogP contribution in [0.4, 0.5) is 18.9 Å². The summed E-state index contributed by atoms with van der Waals surface area (Å²) in [6, 6.07) is 12.1. The van der Waals surface area contributed by atoms with Crippen LogP contribution in [0.15, 0.2) is 48.5 Å². The van der Waals surface area contributed by atoms with Gasteiger partial charge in [-0.2, -0.15) is 13.2 Å². The number of ether oxygens (including phenoxy) is 1. The Morgan fingerprint density at radius 1 is 1.21 bits per heavy atom. The number of anilines is 1. The van der Waals surface area contributed by atoms with Gasteiger partial charge in [-0.25, -0.2) is 0 Å². The van der Waals surface area contributed by atoms with Crippen LogP contribution in [0.3, 0.4) is 0 Å². The first kappa shape index (κ1) is 20.7. The number of methoxy groups -OCH3 is 1. The number of benzene rings is 2. The first-order valence-corrected chi connectivity index (χ1v) is 9.16. The maximum absolute atomic E-state index is 12.9. The van der Waals surface area contributed by atoms with Gasteiger partial charge in [0.15, 0.2) is 0 Å². The van der Waals surface area contributed by atoms with Crippen molar-refractivity contribution in [2.24, 2.45) is 5.92 Å². The predicted molar refractivity (Wildman–Crippen MR) is 102 cm³/mol. The van der Waals surface area contributed by atoms with Crippen molar-refractivity contribution in [1.82, 2.24) is 5.32 Å². The third-order valence-corrected chi connectivity index (χ3v) is 4.85. The Hall–Kier alpha value is -3.03. The number of amides is 2. The number of alkyl halides is 3. The largest absolute Gasteiger partial charge is 0.497 e. The monoisotopic (exact) mass is 406 g/mol. The van der Waals surface area contributed by atoms with Gasteiger partial charge >= 0.3 is 6.18 Å². The smallest absolute Gasteiger partial charge is 0.416 e. The lowest BCUT2D eigenvalue weighted by Gasteiger charge is -2.18. The Labute approximate surface area is 166 Å². The molecule has 2 amide bonds. The predicted octanol–water partition coefficient (Wildman–Crippen LogP) is 3.43. The zero-order valence-electron chi connectivity index (χ0n) is 15.8. The van der Waals surface area contributed by atoms with Crippen LogP contribution in [0.5, 0.6) is 5.75 Å². The second-order valence-electron chi connectivity index (χ2n) is 6.84. The van der Waals surface area contributed by atoms with E-state index in [4.69, 9.17) is 4.74 Å². The molecule has 0 aromatic heterocycles. The zero-order chi connectivity index (χ0) is 21.0. The van der Waals surface area contributed by atoms with Gasteiger partial charge in [-0.1, -0.05) is 18.2 Å². The van der Waals surface area contributed by atoms with Crippen molar-refractivity contribution >= 4 is 17.5 Å². The maximum Gasteiger partial charge on any atom is 0.416 e. The quantitative estimate of drug-likeness (QED) is 0.800. The molecule has 29 heavy (non-hydrogen) atoms. The van der Waals surface area contributed by atoms with Gasteiger partial charge in [0.25, 0.3) is 0 Å². The molecule has 0 saturated carbocycles. The van der Waals surface area contributed by atoms with E-state index in [1.807, 2.05) is 24.3 Å². The highest BCUT2D eigenvalue weighted by atomic mass is 19.4. The van der Waals surface area contributed by atoms with Gasteiger partial charge in [-0.05, 0) is 42.3 Å². The van der Waals surface area contributed by atoms with Crippen LogP contribution in [0.1, 0.15) is 17.5 Å². The molecule has 8 heteroatoms. The molecule has 0 aliphatic carbocycles. The molecule has 1 N–H and O–H groups in total. The van der Waals surface area contributed by atoms with Crippen molar-refractivity contribution in [3.8, 4) is 5.75 Å². The number of hydrogen-bond donors (Lipinski definition) is 1. The molecule has 154 valence electrons. The van der Waals surface area contributed by atoms with E-state index >= 15 is 0 Å². The number of nitrogens with one attached hydrogen (secondary N) is 1. The molecule has 1 unspecified atom stereocenters. The van der Waals surface area contributed by atoms with Gasteiger partial charge in [0.1, 0.15) is 5.75 Å². The number of carbonyl (C=O) groups excluding carboxylic acids is 2.